The molecule has 2 heterocycles. The first kappa shape index (κ1) is 17.1. The van der Waals surface area contributed by atoms with E-state index in [1.807, 2.05) is 24.3 Å². The summed E-state index contributed by atoms with van der Waals surface area (Å²) in [7, 11) is 1.69. The summed E-state index contributed by atoms with van der Waals surface area (Å²) in [5.41, 5.74) is 2.43. The van der Waals surface area contributed by atoms with Crippen LogP contribution in [0.3, 0.4) is 0 Å². The molecule has 2 aromatic rings. The van der Waals surface area contributed by atoms with Crippen molar-refractivity contribution >= 4 is 68.9 Å². The number of amidine groups is 1. The number of amides is 2. The first-order valence-corrected chi connectivity index (χ1v) is 9.17. The molecule has 1 saturated heterocycles. The molecule has 2 aromatic carbocycles. The number of carbonyl (C=O) groups is 2. The Kier molecular flexibility index (Phi) is 4.26. The van der Waals surface area contributed by atoms with Crippen LogP contribution in [0.1, 0.15) is 5.56 Å². The van der Waals surface area contributed by atoms with Crippen molar-refractivity contribution in [3.63, 3.8) is 0 Å². The Bertz CT molecular complexity index is 1010. The van der Waals surface area contributed by atoms with Crippen LogP contribution in [-0.2, 0) is 9.59 Å². The summed E-state index contributed by atoms with van der Waals surface area (Å²) in [6, 6.07) is 12.3. The van der Waals surface area contributed by atoms with Gasteiger partial charge in [-0.25, -0.2) is 4.99 Å². The van der Waals surface area contributed by atoms with Crippen LogP contribution in [0.5, 0.6) is 0 Å². The van der Waals surface area contributed by atoms with Gasteiger partial charge in [0.1, 0.15) is 0 Å². The monoisotopic (exact) mass is 403 g/mol. The molecular formula is C18H11Cl2N3O2S. The lowest BCUT2D eigenvalue weighted by Gasteiger charge is -2.08. The summed E-state index contributed by atoms with van der Waals surface area (Å²) in [4.78, 5) is 31.4. The maximum absolute atomic E-state index is 12.6. The Labute approximate surface area is 163 Å². The van der Waals surface area contributed by atoms with Crippen LogP contribution in [0.15, 0.2) is 52.4 Å². The zero-order chi connectivity index (χ0) is 18.4. The molecule has 0 aromatic heterocycles. The quantitative estimate of drug-likeness (QED) is 0.724. The highest BCUT2D eigenvalue weighted by Gasteiger charge is 2.37. The number of benzene rings is 2. The van der Waals surface area contributed by atoms with Gasteiger partial charge in [-0.2, -0.15) is 0 Å². The zero-order valence-corrected chi connectivity index (χ0v) is 15.7. The highest BCUT2D eigenvalue weighted by molar-refractivity contribution is 8.18. The summed E-state index contributed by atoms with van der Waals surface area (Å²) >= 11 is 13.1. The van der Waals surface area contributed by atoms with Crippen molar-refractivity contribution in [2.45, 2.75) is 0 Å². The molecule has 2 amide bonds. The molecule has 2 aliphatic heterocycles. The van der Waals surface area contributed by atoms with Crippen LogP contribution in [-0.4, -0.2) is 24.0 Å². The SMILES string of the molecule is CN1C(=O)/C(=C2\SC(=Nc3cc(Cl)cc(Cl)c3)NC2=O)c2ccccc21. The standard InChI is InChI=1S/C18H11Cl2N3O2S/c1-23-13-5-3-2-4-12(13)14(17(23)25)15-16(24)22-18(26-15)21-11-7-9(19)6-10(20)8-11/h2-8H,1H3,(H,21,22,24)/b15-14-. The number of thioether (sulfide) groups is 1. The van der Waals surface area contributed by atoms with Crippen LogP contribution in [0.2, 0.25) is 10.0 Å². The van der Waals surface area contributed by atoms with Crippen LogP contribution >= 0.6 is 35.0 Å². The van der Waals surface area contributed by atoms with Crippen molar-refractivity contribution in [2.24, 2.45) is 4.99 Å². The number of aliphatic imine (C=N–C) groups is 1. The van der Waals surface area contributed by atoms with E-state index in [1.165, 1.54) is 4.90 Å². The van der Waals surface area contributed by atoms with Gasteiger partial charge in [-0.15, -0.1) is 0 Å². The number of carbonyl (C=O) groups excluding carboxylic acids is 2. The second-order valence-electron chi connectivity index (χ2n) is 5.69. The van der Waals surface area contributed by atoms with E-state index in [0.29, 0.717) is 31.4 Å². The van der Waals surface area contributed by atoms with Gasteiger partial charge < -0.3 is 10.2 Å². The number of fused-ring (bicyclic) bond motifs is 1. The summed E-state index contributed by atoms with van der Waals surface area (Å²) in [5.74, 6) is -0.564. The molecule has 2 aliphatic rings. The number of nitrogens with one attached hydrogen (secondary N) is 1. The lowest BCUT2D eigenvalue weighted by atomic mass is 10.1. The summed E-state index contributed by atoms with van der Waals surface area (Å²) in [6.07, 6.45) is 0. The van der Waals surface area contributed by atoms with Crippen molar-refractivity contribution in [2.75, 3.05) is 11.9 Å². The molecule has 0 unspecified atom stereocenters. The van der Waals surface area contributed by atoms with Gasteiger partial charge in [0, 0.05) is 22.7 Å². The van der Waals surface area contributed by atoms with E-state index >= 15 is 0 Å². The number of halogens is 2. The van der Waals surface area contributed by atoms with E-state index < -0.39 is 0 Å². The number of hydrogen-bond donors (Lipinski definition) is 1. The average molecular weight is 404 g/mol. The van der Waals surface area contributed by atoms with Crippen molar-refractivity contribution < 1.29 is 9.59 Å². The van der Waals surface area contributed by atoms with E-state index in [9.17, 15) is 9.59 Å². The molecule has 0 bridgehead atoms. The molecule has 5 nitrogen and oxygen atoms in total. The van der Waals surface area contributed by atoms with Crippen LogP contribution in [0, 0.1) is 0 Å². The van der Waals surface area contributed by atoms with Gasteiger partial charge in [-0.1, -0.05) is 41.4 Å². The molecule has 0 saturated carbocycles. The first-order chi connectivity index (χ1) is 12.4. The van der Waals surface area contributed by atoms with Gasteiger partial charge in [0.25, 0.3) is 11.8 Å². The Hall–Kier alpha value is -2.28. The minimum atomic E-state index is -0.352. The fourth-order valence-corrected chi connectivity index (χ4v) is 4.29. The highest BCUT2D eigenvalue weighted by Crippen LogP contribution is 2.42. The Balaban J connectivity index is 1.76. The average Bonchev–Trinajstić information content (AvgIpc) is 3.05. The number of hydrogen-bond acceptors (Lipinski definition) is 4. The Morgan fingerprint density at radius 1 is 1.08 bits per heavy atom. The minimum absolute atomic E-state index is 0.212. The molecule has 0 spiro atoms. The number of rotatable bonds is 1. The number of para-hydroxylation sites is 1. The fourth-order valence-electron chi connectivity index (χ4n) is 2.85. The van der Waals surface area contributed by atoms with Gasteiger partial charge in [0.2, 0.25) is 0 Å². The smallest absolute Gasteiger partial charge is 0.264 e. The van der Waals surface area contributed by atoms with Gasteiger partial charge in [-0.05, 0) is 36.0 Å². The van der Waals surface area contributed by atoms with E-state index in [-0.39, 0.29) is 11.8 Å². The third-order valence-corrected chi connectivity index (χ3v) is 5.40. The van der Waals surface area contributed by atoms with E-state index in [0.717, 1.165) is 23.0 Å². The molecule has 1 N–H and O–H groups in total. The van der Waals surface area contributed by atoms with Crippen molar-refractivity contribution in [1.82, 2.24) is 5.32 Å². The van der Waals surface area contributed by atoms with Gasteiger partial charge in [0.15, 0.2) is 5.17 Å². The molecular weight excluding hydrogens is 393 g/mol. The maximum atomic E-state index is 12.6. The molecule has 4 rings (SSSR count). The predicted octanol–water partition coefficient (Wildman–Crippen LogP) is 4.23. The van der Waals surface area contributed by atoms with Crippen LogP contribution in [0.25, 0.3) is 5.57 Å². The summed E-state index contributed by atoms with van der Waals surface area (Å²) < 4.78 is 0. The second kappa shape index (κ2) is 6.46. The summed E-state index contributed by atoms with van der Waals surface area (Å²) in [6.45, 7) is 0. The van der Waals surface area contributed by atoms with Gasteiger partial charge in [0.05, 0.1) is 21.9 Å². The molecule has 0 aliphatic carbocycles. The summed E-state index contributed by atoms with van der Waals surface area (Å²) in [5, 5.41) is 3.97. The third-order valence-electron chi connectivity index (χ3n) is 3.98. The van der Waals surface area contributed by atoms with Crippen molar-refractivity contribution in [3.05, 3.63) is 63.0 Å². The van der Waals surface area contributed by atoms with Crippen molar-refractivity contribution in [3.8, 4) is 0 Å². The van der Waals surface area contributed by atoms with Gasteiger partial charge >= 0.3 is 0 Å². The normalized spacial score (nSPS) is 20.7. The molecule has 130 valence electrons. The van der Waals surface area contributed by atoms with Crippen LogP contribution in [0.4, 0.5) is 11.4 Å². The Morgan fingerprint density at radius 2 is 1.77 bits per heavy atom. The molecule has 8 heteroatoms. The largest absolute Gasteiger partial charge is 0.311 e. The molecule has 0 atom stereocenters. The lowest BCUT2D eigenvalue weighted by molar-refractivity contribution is -0.116. The predicted molar refractivity (Wildman–Crippen MR) is 106 cm³/mol. The van der Waals surface area contributed by atoms with Crippen molar-refractivity contribution in [1.29, 1.82) is 0 Å². The topological polar surface area (TPSA) is 61.8 Å². The molecule has 1 fully saturated rings. The molecule has 0 radical (unpaired) electrons. The first-order valence-electron chi connectivity index (χ1n) is 7.60. The van der Waals surface area contributed by atoms with E-state index in [4.69, 9.17) is 23.2 Å². The zero-order valence-electron chi connectivity index (χ0n) is 13.4. The fraction of sp³-hybridized carbons (Fsp3) is 0.0556. The lowest BCUT2D eigenvalue weighted by Crippen LogP contribution is -2.23. The number of nitrogens with zero attached hydrogens (tertiary/aromatic N) is 2. The van der Waals surface area contributed by atoms with Gasteiger partial charge in [-0.3, -0.25) is 9.59 Å². The Morgan fingerprint density at radius 3 is 2.50 bits per heavy atom. The second-order valence-corrected chi connectivity index (χ2v) is 7.56. The number of anilines is 1. The molecule has 26 heavy (non-hydrogen) atoms. The minimum Gasteiger partial charge on any atom is -0.311 e. The maximum Gasteiger partial charge on any atom is 0.264 e. The van der Waals surface area contributed by atoms with Crippen LogP contribution < -0.4 is 10.2 Å². The van der Waals surface area contributed by atoms with E-state index in [2.05, 4.69) is 10.3 Å². The third kappa shape index (κ3) is 2.90. The van der Waals surface area contributed by atoms with E-state index in [1.54, 1.807) is 25.2 Å². The number of likely N-dealkylation sites (N-methyl/N-ethyl adjacent to an activating group) is 1. The highest BCUT2D eigenvalue weighted by atomic mass is 35.5.